The van der Waals surface area contributed by atoms with Gasteiger partial charge in [0.2, 0.25) is 0 Å². The zero-order valence-corrected chi connectivity index (χ0v) is 10.3. The first-order chi connectivity index (χ1) is 9.43. The molecule has 0 amide bonds. The molecule has 3 unspecified atom stereocenters. The molecule has 8 heteroatoms. The van der Waals surface area contributed by atoms with Crippen LogP contribution in [0.3, 0.4) is 0 Å². The lowest BCUT2D eigenvalue weighted by Gasteiger charge is -2.24. The Bertz CT molecular complexity index is 590. The highest BCUT2D eigenvalue weighted by atomic mass is 19.1. The first-order valence-electron chi connectivity index (χ1n) is 5.92. The highest BCUT2D eigenvalue weighted by Gasteiger charge is 2.32. The van der Waals surface area contributed by atoms with Crippen LogP contribution in [0.1, 0.15) is 11.9 Å². The van der Waals surface area contributed by atoms with Crippen LogP contribution in [0.15, 0.2) is 18.2 Å². The fraction of sp³-hybridized carbons (Fsp3) is 0.417. The molecular weight excluding hydrogens is 271 g/mol. The van der Waals surface area contributed by atoms with Crippen LogP contribution in [0.2, 0.25) is 0 Å². The number of aliphatic hydroxyl groups excluding tert-OH is 5. The Morgan fingerprint density at radius 1 is 1.15 bits per heavy atom. The molecule has 110 valence electrons. The Balaban J connectivity index is 2.24. The summed E-state index contributed by atoms with van der Waals surface area (Å²) in [6, 6.07) is 3.76. The van der Waals surface area contributed by atoms with Crippen LogP contribution in [0.4, 0.5) is 4.39 Å². The number of H-pyrrole nitrogens is 1. The number of imidazole rings is 1. The molecule has 1 heterocycles. The van der Waals surface area contributed by atoms with Crippen molar-refractivity contribution in [3.05, 3.63) is 29.8 Å². The highest BCUT2D eigenvalue weighted by molar-refractivity contribution is 5.75. The van der Waals surface area contributed by atoms with E-state index in [1.165, 1.54) is 18.2 Å². The normalized spacial score (nSPS) is 17.9. The Hall–Kier alpha value is -1.58. The number of halogens is 1. The molecule has 2 aromatic rings. The number of aliphatic hydroxyl groups is 5. The van der Waals surface area contributed by atoms with Crippen LogP contribution in [0.5, 0.6) is 0 Å². The fourth-order valence-electron chi connectivity index (χ4n) is 1.83. The zero-order valence-electron chi connectivity index (χ0n) is 10.3. The number of benzene rings is 1. The number of aromatic amines is 1. The Morgan fingerprint density at radius 3 is 2.50 bits per heavy atom. The predicted octanol–water partition coefficient (Wildman–Crippen LogP) is -1.19. The van der Waals surface area contributed by atoms with Gasteiger partial charge in [0.05, 0.1) is 17.6 Å². The van der Waals surface area contributed by atoms with Crippen molar-refractivity contribution in [2.75, 3.05) is 6.61 Å². The van der Waals surface area contributed by atoms with Crippen molar-refractivity contribution < 1.29 is 29.9 Å². The monoisotopic (exact) mass is 286 g/mol. The maximum atomic E-state index is 13.0. The van der Waals surface area contributed by atoms with E-state index < -0.39 is 36.8 Å². The standard InChI is InChI=1S/C12H15FN2O5/c13-5-1-2-6-7(3-5)15-12(14-6)11(20)10(19)9(18)8(17)4-16/h1-3,8-11,16-20H,4H2,(H,14,15)/t8?,9?,10?,11-/m1/s1. The molecule has 2 rings (SSSR count). The Morgan fingerprint density at radius 2 is 1.85 bits per heavy atom. The van der Waals surface area contributed by atoms with E-state index in [1.54, 1.807) is 0 Å². The number of rotatable bonds is 5. The topological polar surface area (TPSA) is 130 Å². The lowest BCUT2D eigenvalue weighted by Crippen LogP contribution is -2.42. The summed E-state index contributed by atoms with van der Waals surface area (Å²) in [6.45, 7) is -0.768. The molecule has 0 aliphatic heterocycles. The van der Waals surface area contributed by atoms with E-state index in [0.717, 1.165) is 0 Å². The van der Waals surface area contributed by atoms with Gasteiger partial charge in [-0.05, 0) is 18.2 Å². The van der Waals surface area contributed by atoms with E-state index in [9.17, 15) is 24.8 Å². The minimum atomic E-state index is -1.76. The summed E-state index contributed by atoms with van der Waals surface area (Å²) < 4.78 is 13.0. The molecule has 1 aromatic carbocycles. The second-order valence-electron chi connectivity index (χ2n) is 4.46. The Kier molecular flexibility index (Phi) is 4.31. The summed E-state index contributed by atoms with van der Waals surface area (Å²) in [5.41, 5.74) is 0.702. The van der Waals surface area contributed by atoms with Crippen molar-refractivity contribution in [3.63, 3.8) is 0 Å². The zero-order chi connectivity index (χ0) is 14.9. The quantitative estimate of drug-likeness (QED) is 0.410. The summed E-state index contributed by atoms with van der Waals surface area (Å²) in [4.78, 5) is 6.57. The van der Waals surface area contributed by atoms with Gasteiger partial charge in [0.15, 0.2) is 0 Å². The predicted molar refractivity (Wildman–Crippen MR) is 66.1 cm³/mol. The molecule has 0 saturated carbocycles. The third-order valence-electron chi connectivity index (χ3n) is 3.00. The van der Waals surface area contributed by atoms with Gasteiger partial charge in [0, 0.05) is 0 Å². The molecule has 0 fully saturated rings. The molecule has 0 aliphatic carbocycles. The number of aromatic nitrogens is 2. The van der Waals surface area contributed by atoms with Gasteiger partial charge in [-0.15, -0.1) is 0 Å². The minimum absolute atomic E-state index is 0.0812. The van der Waals surface area contributed by atoms with E-state index in [0.29, 0.717) is 11.0 Å². The Labute approximate surface area is 113 Å². The number of fused-ring (bicyclic) bond motifs is 1. The van der Waals surface area contributed by atoms with Crippen molar-refractivity contribution in [2.24, 2.45) is 0 Å². The largest absolute Gasteiger partial charge is 0.394 e. The third kappa shape index (κ3) is 2.79. The van der Waals surface area contributed by atoms with Crippen molar-refractivity contribution >= 4 is 11.0 Å². The second kappa shape index (κ2) is 5.81. The van der Waals surface area contributed by atoms with E-state index in [2.05, 4.69) is 9.97 Å². The van der Waals surface area contributed by atoms with Gasteiger partial charge in [0.25, 0.3) is 0 Å². The number of nitrogens with one attached hydrogen (secondary N) is 1. The maximum absolute atomic E-state index is 13.0. The van der Waals surface area contributed by atoms with E-state index >= 15 is 0 Å². The van der Waals surface area contributed by atoms with Crippen molar-refractivity contribution in [1.29, 1.82) is 0 Å². The number of hydrogen-bond donors (Lipinski definition) is 6. The minimum Gasteiger partial charge on any atom is -0.394 e. The number of hydrogen-bond acceptors (Lipinski definition) is 6. The van der Waals surface area contributed by atoms with Crippen LogP contribution in [-0.4, -0.2) is 60.4 Å². The average Bonchev–Trinajstić information content (AvgIpc) is 2.86. The smallest absolute Gasteiger partial charge is 0.140 e. The van der Waals surface area contributed by atoms with Gasteiger partial charge in [-0.2, -0.15) is 0 Å². The fourth-order valence-corrected chi connectivity index (χ4v) is 1.83. The molecule has 0 radical (unpaired) electrons. The van der Waals surface area contributed by atoms with Crippen molar-refractivity contribution in [3.8, 4) is 0 Å². The molecule has 6 N–H and O–H groups in total. The van der Waals surface area contributed by atoms with Crippen LogP contribution in [-0.2, 0) is 0 Å². The average molecular weight is 286 g/mol. The molecule has 20 heavy (non-hydrogen) atoms. The highest BCUT2D eigenvalue weighted by Crippen LogP contribution is 2.21. The molecule has 0 aliphatic rings. The lowest BCUT2D eigenvalue weighted by molar-refractivity contribution is -0.117. The molecular formula is C12H15FN2O5. The molecule has 0 saturated heterocycles. The third-order valence-corrected chi connectivity index (χ3v) is 3.00. The van der Waals surface area contributed by atoms with Crippen LogP contribution in [0.25, 0.3) is 11.0 Å². The van der Waals surface area contributed by atoms with Crippen LogP contribution >= 0.6 is 0 Å². The summed E-state index contributed by atoms with van der Waals surface area (Å²) in [5, 5.41) is 47.0. The van der Waals surface area contributed by atoms with E-state index in [1.807, 2.05) is 0 Å². The summed E-state index contributed by atoms with van der Waals surface area (Å²) in [7, 11) is 0. The second-order valence-corrected chi connectivity index (χ2v) is 4.46. The maximum Gasteiger partial charge on any atom is 0.140 e. The molecule has 7 nitrogen and oxygen atoms in total. The van der Waals surface area contributed by atoms with Crippen LogP contribution < -0.4 is 0 Å². The number of nitrogens with zero attached hydrogens (tertiary/aromatic N) is 1. The molecule has 1 aromatic heterocycles. The first-order valence-corrected chi connectivity index (χ1v) is 5.92. The SMILES string of the molecule is OCC(O)C(O)C(O)[C@@H](O)c1nc2ccc(F)cc2[nH]1. The molecule has 0 spiro atoms. The summed E-state index contributed by atoms with van der Waals surface area (Å²) >= 11 is 0. The summed E-state index contributed by atoms with van der Waals surface area (Å²) in [5.74, 6) is -0.569. The van der Waals surface area contributed by atoms with Crippen molar-refractivity contribution in [2.45, 2.75) is 24.4 Å². The van der Waals surface area contributed by atoms with Crippen LogP contribution in [0, 0.1) is 5.82 Å². The van der Waals surface area contributed by atoms with Gasteiger partial charge in [-0.25, -0.2) is 9.37 Å². The molecule has 0 bridgehead atoms. The van der Waals surface area contributed by atoms with Gasteiger partial charge in [-0.1, -0.05) is 0 Å². The van der Waals surface area contributed by atoms with Gasteiger partial charge in [-0.3, -0.25) is 0 Å². The van der Waals surface area contributed by atoms with Gasteiger partial charge >= 0.3 is 0 Å². The van der Waals surface area contributed by atoms with E-state index in [4.69, 9.17) is 5.11 Å². The molecule has 4 atom stereocenters. The van der Waals surface area contributed by atoms with E-state index in [-0.39, 0.29) is 5.82 Å². The first kappa shape index (κ1) is 14.8. The van der Waals surface area contributed by atoms with Gasteiger partial charge in [0.1, 0.15) is 36.1 Å². The lowest BCUT2D eigenvalue weighted by atomic mass is 10.0. The van der Waals surface area contributed by atoms with Crippen molar-refractivity contribution in [1.82, 2.24) is 9.97 Å². The van der Waals surface area contributed by atoms with Gasteiger partial charge < -0.3 is 30.5 Å². The summed E-state index contributed by atoms with van der Waals surface area (Å²) in [6.07, 6.45) is -6.73.